The van der Waals surface area contributed by atoms with Gasteiger partial charge in [-0.2, -0.15) is 0 Å². The van der Waals surface area contributed by atoms with Gasteiger partial charge in [-0.3, -0.25) is 9.78 Å². The number of benzene rings is 2. The zero-order valence-electron chi connectivity index (χ0n) is 22.5. The highest BCUT2D eigenvalue weighted by Crippen LogP contribution is 2.42. The van der Waals surface area contributed by atoms with Crippen molar-refractivity contribution in [2.45, 2.75) is 46.2 Å². The van der Waals surface area contributed by atoms with Crippen molar-refractivity contribution >= 4 is 40.5 Å². The number of aryl methyl sites for hydroxylation is 2. The van der Waals surface area contributed by atoms with E-state index in [1.54, 1.807) is 6.20 Å². The van der Waals surface area contributed by atoms with Gasteiger partial charge < -0.3 is 20.1 Å². The number of carbonyl (C=O) groups excluding carboxylic acids is 1. The molecule has 1 aliphatic rings. The molecule has 2 unspecified atom stereocenters. The SMILES string of the molecule is Cc1ccc(NC(=O)CCN2C(=S)NC(c3ccccn3)C2c2cc(C)n(-c3cccc(Cl)c3C)c2C)cc1. The zero-order valence-corrected chi connectivity index (χ0v) is 24.1. The molecule has 0 radical (unpaired) electrons. The summed E-state index contributed by atoms with van der Waals surface area (Å²) in [4.78, 5) is 19.7. The zero-order chi connectivity index (χ0) is 27.7. The predicted molar refractivity (Wildman–Crippen MR) is 162 cm³/mol. The fourth-order valence-electron chi connectivity index (χ4n) is 5.36. The first-order valence-corrected chi connectivity index (χ1v) is 13.8. The van der Waals surface area contributed by atoms with Gasteiger partial charge in [0.2, 0.25) is 5.91 Å². The maximum Gasteiger partial charge on any atom is 0.226 e. The van der Waals surface area contributed by atoms with Crippen molar-refractivity contribution in [3.63, 3.8) is 0 Å². The van der Waals surface area contributed by atoms with E-state index in [-0.39, 0.29) is 18.0 Å². The Hall–Kier alpha value is -3.68. The average Bonchev–Trinajstić information content (AvgIpc) is 3.40. The van der Waals surface area contributed by atoms with Crippen LogP contribution in [-0.2, 0) is 4.79 Å². The van der Waals surface area contributed by atoms with Crippen LogP contribution in [0.2, 0.25) is 5.02 Å². The number of halogens is 1. The maximum absolute atomic E-state index is 12.9. The fourth-order valence-corrected chi connectivity index (χ4v) is 5.86. The third kappa shape index (κ3) is 5.42. The van der Waals surface area contributed by atoms with Crippen LogP contribution in [-0.4, -0.2) is 32.0 Å². The second kappa shape index (κ2) is 11.2. The highest BCUT2D eigenvalue weighted by atomic mass is 35.5. The molecule has 8 heteroatoms. The first-order chi connectivity index (χ1) is 18.7. The summed E-state index contributed by atoms with van der Waals surface area (Å²) >= 11 is 12.3. The molecule has 2 N–H and O–H groups in total. The first kappa shape index (κ1) is 26.9. The van der Waals surface area contributed by atoms with Crippen molar-refractivity contribution in [1.82, 2.24) is 19.8 Å². The number of anilines is 1. The van der Waals surface area contributed by atoms with Gasteiger partial charge in [0.25, 0.3) is 0 Å². The van der Waals surface area contributed by atoms with E-state index >= 15 is 0 Å². The van der Waals surface area contributed by atoms with E-state index in [1.807, 2.05) is 68.4 Å². The van der Waals surface area contributed by atoms with Gasteiger partial charge in [0.1, 0.15) is 0 Å². The molecule has 200 valence electrons. The Kier molecular flexibility index (Phi) is 7.73. The Bertz CT molecular complexity index is 1520. The maximum atomic E-state index is 12.9. The van der Waals surface area contributed by atoms with Crippen molar-refractivity contribution in [3.05, 3.63) is 112 Å². The standard InChI is InChI=1S/C31H32ClN5OS/c1-19-11-13-23(14-12-19)34-28(38)15-17-36-30(29(35-31(36)39)26-9-5-6-16-33-26)24-18-20(2)37(22(24)4)27-10-7-8-25(32)21(27)3/h5-14,16,18,29-30H,15,17H2,1-4H3,(H,34,38)(H,35,39). The minimum Gasteiger partial charge on any atom is -0.352 e. The predicted octanol–water partition coefficient (Wildman–Crippen LogP) is 6.76. The van der Waals surface area contributed by atoms with Crippen LogP contribution in [0.3, 0.4) is 0 Å². The Labute approximate surface area is 240 Å². The summed E-state index contributed by atoms with van der Waals surface area (Å²) in [6.45, 7) is 8.76. The topological polar surface area (TPSA) is 62.2 Å². The van der Waals surface area contributed by atoms with Crippen LogP contribution in [0.1, 0.15) is 52.3 Å². The van der Waals surface area contributed by atoms with Gasteiger partial charge in [0, 0.05) is 46.9 Å². The molecule has 4 aromatic rings. The van der Waals surface area contributed by atoms with Crippen molar-refractivity contribution in [3.8, 4) is 5.69 Å². The molecule has 0 bridgehead atoms. The van der Waals surface area contributed by atoms with Crippen LogP contribution < -0.4 is 10.6 Å². The molecule has 2 atom stereocenters. The number of rotatable bonds is 7. The molecular weight excluding hydrogens is 526 g/mol. The van der Waals surface area contributed by atoms with Crippen LogP contribution in [0.4, 0.5) is 5.69 Å². The monoisotopic (exact) mass is 557 g/mol. The van der Waals surface area contributed by atoms with Gasteiger partial charge in [-0.15, -0.1) is 0 Å². The van der Waals surface area contributed by atoms with Gasteiger partial charge >= 0.3 is 0 Å². The molecule has 2 aromatic heterocycles. The lowest BCUT2D eigenvalue weighted by Gasteiger charge is -2.28. The molecule has 1 saturated heterocycles. The second-order valence-corrected chi connectivity index (χ2v) is 10.8. The van der Waals surface area contributed by atoms with Crippen molar-refractivity contribution < 1.29 is 4.79 Å². The number of hydrogen-bond donors (Lipinski definition) is 2. The van der Waals surface area contributed by atoms with Crippen LogP contribution in [0.5, 0.6) is 0 Å². The van der Waals surface area contributed by atoms with Gasteiger partial charge in [-0.25, -0.2) is 0 Å². The molecule has 1 aliphatic heterocycles. The summed E-state index contributed by atoms with van der Waals surface area (Å²) in [5, 5.41) is 7.85. The van der Waals surface area contributed by atoms with Gasteiger partial charge in [-0.05, 0) is 93.5 Å². The smallest absolute Gasteiger partial charge is 0.226 e. The molecule has 6 nitrogen and oxygen atoms in total. The average molecular weight is 558 g/mol. The lowest BCUT2D eigenvalue weighted by Crippen LogP contribution is -2.32. The minimum absolute atomic E-state index is 0.0540. The molecule has 1 fully saturated rings. The highest BCUT2D eigenvalue weighted by molar-refractivity contribution is 7.80. The molecule has 0 spiro atoms. The largest absolute Gasteiger partial charge is 0.352 e. The third-order valence-corrected chi connectivity index (χ3v) is 8.14. The summed E-state index contributed by atoms with van der Waals surface area (Å²) in [7, 11) is 0. The highest BCUT2D eigenvalue weighted by Gasteiger charge is 2.41. The number of aromatic nitrogens is 2. The number of thiocarbonyl (C=S) groups is 1. The molecule has 2 aromatic carbocycles. The van der Waals surface area contributed by atoms with E-state index in [0.717, 1.165) is 50.2 Å². The lowest BCUT2D eigenvalue weighted by atomic mass is 9.96. The number of pyridine rings is 1. The lowest BCUT2D eigenvalue weighted by molar-refractivity contribution is -0.116. The summed E-state index contributed by atoms with van der Waals surface area (Å²) in [5.41, 5.74) is 8.25. The molecule has 3 heterocycles. The Morgan fingerprint density at radius 3 is 2.54 bits per heavy atom. The molecule has 0 aliphatic carbocycles. The summed E-state index contributed by atoms with van der Waals surface area (Å²) in [6, 6.07) is 21.6. The number of hydrogen-bond acceptors (Lipinski definition) is 3. The van der Waals surface area contributed by atoms with Crippen molar-refractivity contribution in [2.24, 2.45) is 0 Å². The summed E-state index contributed by atoms with van der Waals surface area (Å²) < 4.78 is 2.25. The minimum atomic E-state index is -0.159. The Morgan fingerprint density at radius 1 is 1.05 bits per heavy atom. The van der Waals surface area contributed by atoms with Gasteiger partial charge in [0.15, 0.2) is 5.11 Å². The summed E-state index contributed by atoms with van der Waals surface area (Å²) in [6.07, 6.45) is 2.10. The van der Waals surface area contributed by atoms with E-state index in [2.05, 4.69) is 51.1 Å². The normalized spacial score (nSPS) is 16.8. The second-order valence-electron chi connectivity index (χ2n) is 10.0. The molecule has 5 rings (SSSR count). The van der Waals surface area contributed by atoms with Crippen LogP contribution in [0.15, 0.2) is 72.9 Å². The van der Waals surface area contributed by atoms with E-state index in [1.165, 1.54) is 0 Å². The number of nitrogens with zero attached hydrogens (tertiary/aromatic N) is 3. The number of nitrogens with one attached hydrogen (secondary N) is 2. The fraction of sp³-hybridized carbons (Fsp3) is 0.258. The number of carbonyl (C=O) groups is 1. The van der Waals surface area contributed by atoms with Crippen LogP contribution in [0, 0.1) is 27.7 Å². The van der Waals surface area contributed by atoms with Crippen LogP contribution >= 0.6 is 23.8 Å². The van der Waals surface area contributed by atoms with Crippen LogP contribution in [0.25, 0.3) is 5.69 Å². The first-order valence-electron chi connectivity index (χ1n) is 13.0. The third-order valence-electron chi connectivity index (χ3n) is 7.38. The Morgan fingerprint density at radius 2 is 1.82 bits per heavy atom. The molecular formula is C31H32ClN5OS. The molecule has 39 heavy (non-hydrogen) atoms. The summed E-state index contributed by atoms with van der Waals surface area (Å²) in [5.74, 6) is -0.0540. The molecule has 0 saturated carbocycles. The molecule has 1 amide bonds. The van der Waals surface area contributed by atoms with Gasteiger partial charge in [0.05, 0.1) is 17.8 Å². The quantitative estimate of drug-likeness (QED) is 0.246. The van der Waals surface area contributed by atoms with Crippen molar-refractivity contribution in [1.29, 1.82) is 0 Å². The number of amides is 1. The van der Waals surface area contributed by atoms with E-state index in [0.29, 0.717) is 18.1 Å². The van der Waals surface area contributed by atoms with E-state index in [9.17, 15) is 4.79 Å². The van der Waals surface area contributed by atoms with E-state index in [4.69, 9.17) is 23.8 Å². The van der Waals surface area contributed by atoms with Gasteiger partial charge in [-0.1, -0.05) is 41.4 Å². The Balaban J connectivity index is 1.48. The van der Waals surface area contributed by atoms with Crippen molar-refractivity contribution in [2.75, 3.05) is 11.9 Å². The van der Waals surface area contributed by atoms with E-state index < -0.39 is 0 Å².